The van der Waals surface area contributed by atoms with Gasteiger partial charge in [-0.1, -0.05) is 17.7 Å². The fourth-order valence-electron chi connectivity index (χ4n) is 1.13. The lowest BCUT2D eigenvalue weighted by Crippen LogP contribution is -1.88. The molecule has 70 valence electrons. The fourth-order valence-corrected chi connectivity index (χ4v) is 1.34. The zero-order valence-electron chi connectivity index (χ0n) is 7.72. The summed E-state index contributed by atoms with van der Waals surface area (Å²) >= 11 is 6.00. The normalized spacial score (nSPS) is 9.69. The smallest absolute Gasteiger partial charge is 0.119 e. The van der Waals surface area contributed by atoms with E-state index in [1.165, 1.54) is 0 Å². The molecule has 0 saturated carbocycles. The average molecular weight is 197 g/mol. The van der Waals surface area contributed by atoms with E-state index in [2.05, 4.69) is 6.58 Å². The van der Waals surface area contributed by atoms with Gasteiger partial charge in [0.1, 0.15) is 5.75 Å². The van der Waals surface area contributed by atoms with Crippen molar-refractivity contribution in [1.29, 1.82) is 0 Å². The zero-order chi connectivity index (χ0) is 9.68. The van der Waals surface area contributed by atoms with Crippen molar-refractivity contribution in [1.82, 2.24) is 0 Å². The van der Waals surface area contributed by atoms with E-state index in [4.69, 9.17) is 16.3 Å². The van der Waals surface area contributed by atoms with Crippen LogP contribution < -0.4 is 4.74 Å². The van der Waals surface area contributed by atoms with Crippen molar-refractivity contribution in [2.75, 3.05) is 7.11 Å². The first kappa shape index (κ1) is 10.1. The molecule has 0 atom stereocenters. The minimum absolute atomic E-state index is 0.794. The maximum absolute atomic E-state index is 6.00. The first-order valence-corrected chi connectivity index (χ1v) is 4.59. The highest BCUT2D eigenvalue weighted by molar-refractivity contribution is 6.31. The number of aryl methyl sites for hydroxylation is 1. The molecule has 0 N–H and O–H groups in total. The Labute approximate surface area is 84.0 Å². The van der Waals surface area contributed by atoms with E-state index in [-0.39, 0.29) is 0 Å². The van der Waals surface area contributed by atoms with Gasteiger partial charge in [0.15, 0.2) is 0 Å². The number of halogens is 1. The number of rotatable bonds is 4. The van der Waals surface area contributed by atoms with E-state index in [9.17, 15) is 0 Å². The Kier molecular flexibility index (Phi) is 3.84. The first-order chi connectivity index (χ1) is 6.27. The highest BCUT2D eigenvalue weighted by Gasteiger charge is 2.00. The summed E-state index contributed by atoms with van der Waals surface area (Å²) in [6.45, 7) is 3.67. The van der Waals surface area contributed by atoms with Crippen LogP contribution in [0.1, 0.15) is 12.0 Å². The van der Waals surface area contributed by atoms with Crippen molar-refractivity contribution in [3.63, 3.8) is 0 Å². The zero-order valence-corrected chi connectivity index (χ0v) is 8.47. The van der Waals surface area contributed by atoms with Crippen molar-refractivity contribution in [2.24, 2.45) is 0 Å². The summed E-state index contributed by atoms with van der Waals surface area (Å²) in [6, 6.07) is 5.68. The van der Waals surface area contributed by atoms with Gasteiger partial charge in [-0.05, 0) is 36.6 Å². The maximum atomic E-state index is 6.00. The van der Waals surface area contributed by atoms with E-state index in [1.807, 2.05) is 24.3 Å². The van der Waals surface area contributed by atoms with E-state index in [0.717, 1.165) is 29.2 Å². The standard InChI is InChI=1S/C11H13ClO/c1-3-4-5-9-8-10(13-2)6-7-11(9)12/h3,6-8H,1,4-5H2,2H3. The van der Waals surface area contributed by atoms with Crippen molar-refractivity contribution < 1.29 is 4.74 Å². The third-order valence-corrected chi connectivity index (χ3v) is 2.24. The van der Waals surface area contributed by atoms with Gasteiger partial charge in [-0.15, -0.1) is 6.58 Å². The van der Waals surface area contributed by atoms with Gasteiger partial charge in [-0.2, -0.15) is 0 Å². The maximum Gasteiger partial charge on any atom is 0.119 e. The van der Waals surface area contributed by atoms with Crippen LogP contribution in [-0.2, 0) is 6.42 Å². The largest absolute Gasteiger partial charge is 0.497 e. The molecular weight excluding hydrogens is 184 g/mol. The number of ether oxygens (including phenoxy) is 1. The number of methoxy groups -OCH3 is 1. The molecule has 0 aliphatic rings. The predicted molar refractivity (Wildman–Crippen MR) is 56.5 cm³/mol. The Morgan fingerprint density at radius 1 is 1.54 bits per heavy atom. The Morgan fingerprint density at radius 2 is 2.31 bits per heavy atom. The molecule has 0 radical (unpaired) electrons. The summed E-state index contributed by atoms with van der Waals surface area (Å²) in [5.74, 6) is 0.850. The average Bonchev–Trinajstić information content (AvgIpc) is 2.17. The lowest BCUT2D eigenvalue weighted by molar-refractivity contribution is 0.414. The number of allylic oxidation sites excluding steroid dienone is 1. The second-order valence-electron chi connectivity index (χ2n) is 2.78. The summed E-state index contributed by atoms with van der Waals surface area (Å²) in [4.78, 5) is 0. The molecule has 0 bridgehead atoms. The van der Waals surface area contributed by atoms with E-state index >= 15 is 0 Å². The summed E-state index contributed by atoms with van der Waals surface area (Å²) in [5, 5.41) is 0.794. The Morgan fingerprint density at radius 3 is 2.92 bits per heavy atom. The molecular formula is C11H13ClO. The molecule has 0 aliphatic carbocycles. The lowest BCUT2D eigenvalue weighted by atomic mass is 10.1. The monoisotopic (exact) mass is 196 g/mol. The molecule has 0 heterocycles. The highest BCUT2D eigenvalue weighted by Crippen LogP contribution is 2.22. The van der Waals surface area contributed by atoms with Gasteiger partial charge in [-0.25, -0.2) is 0 Å². The van der Waals surface area contributed by atoms with E-state index < -0.39 is 0 Å². The molecule has 13 heavy (non-hydrogen) atoms. The van der Waals surface area contributed by atoms with E-state index in [0.29, 0.717) is 0 Å². The van der Waals surface area contributed by atoms with Crippen LogP contribution in [0.25, 0.3) is 0 Å². The lowest BCUT2D eigenvalue weighted by Gasteiger charge is -2.05. The Balaban J connectivity index is 2.83. The SMILES string of the molecule is C=CCCc1cc(OC)ccc1Cl. The van der Waals surface area contributed by atoms with Crippen LogP contribution in [-0.4, -0.2) is 7.11 Å². The van der Waals surface area contributed by atoms with Gasteiger partial charge in [0.25, 0.3) is 0 Å². The van der Waals surface area contributed by atoms with Gasteiger partial charge in [0, 0.05) is 5.02 Å². The Bertz CT molecular complexity index is 294. The van der Waals surface area contributed by atoms with Crippen molar-refractivity contribution in [3.05, 3.63) is 41.4 Å². The second kappa shape index (κ2) is 4.93. The quantitative estimate of drug-likeness (QED) is 0.671. The highest BCUT2D eigenvalue weighted by atomic mass is 35.5. The van der Waals surface area contributed by atoms with Gasteiger partial charge in [-0.3, -0.25) is 0 Å². The third kappa shape index (κ3) is 2.78. The van der Waals surface area contributed by atoms with Crippen LogP contribution in [0.3, 0.4) is 0 Å². The minimum atomic E-state index is 0.794. The van der Waals surface area contributed by atoms with Crippen LogP contribution in [0, 0.1) is 0 Å². The van der Waals surface area contributed by atoms with E-state index in [1.54, 1.807) is 7.11 Å². The fraction of sp³-hybridized carbons (Fsp3) is 0.273. The van der Waals surface area contributed by atoms with Crippen LogP contribution in [0.5, 0.6) is 5.75 Å². The van der Waals surface area contributed by atoms with Crippen molar-refractivity contribution in [3.8, 4) is 5.75 Å². The molecule has 1 rings (SSSR count). The number of hydrogen-bond donors (Lipinski definition) is 0. The van der Waals surface area contributed by atoms with Gasteiger partial charge >= 0.3 is 0 Å². The topological polar surface area (TPSA) is 9.23 Å². The summed E-state index contributed by atoms with van der Waals surface area (Å²) in [6.07, 6.45) is 3.74. The van der Waals surface area contributed by atoms with Crippen LogP contribution in [0.4, 0.5) is 0 Å². The summed E-state index contributed by atoms with van der Waals surface area (Å²) in [5.41, 5.74) is 1.11. The predicted octanol–water partition coefficient (Wildman–Crippen LogP) is 3.47. The molecule has 1 aromatic carbocycles. The molecule has 0 spiro atoms. The van der Waals surface area contributed by atoms with Crippen molar-refractivity contribution >= 4 is 11.6 Å². The molecule has 0 aliphatic heterocycles. The van der Waals surface area contributed by atoms with Crippen LogP contribution in [0.2, 0.25) is 5.02 Å². The van der Waals surface area contributed by atoms with Gasteiger partial charge in [0.2, 0.25) is 0 Å². The molecule has 0 fully saturated rings. The van der Waals surface area contributed by atoms with Gasteiger partial charge < -0.3 is 4.74 Å². The molecule has 0 aromatic heterocycles. The second-order valence-corrected chi connectivity index (χ2v) is 3.19. The van der Waals surface area contributed by atoms with Gasteiger partial charge in [0.05, 0.1) is 7.11 Å². The molecule has 0 amide bonds. The molecule has 1 nitrogen and oxygen atoms in total. The first-order valence-electron chi connectivity index (χ1n) is 4.21. The Hall–Kier alpha value is -0.950. The minimum Gasteiger partial charge on any atom is -0.497 e. The van der Waals surface area contributed by atoms with Crippen LogP contribution in [0.15, 0.2) is 30.9 Å². The number of hydrogen-bond acceptors (Lipinski definition) is 1. The summed E-state index contributed by atoms with van der Waals surface area (Å²) in [7, 11) is 1.65. The molecule has 0 saturated heterocycles. The van der Waals surface area contributed by atoms with Crippen molar-refractivity contribution in [2.45, 2.75) is 12.8 Å². The molecule has 0 unspecified atom stereocenters. The third-order valence-electron chi connectivity index (χ3n) is 1.87. The number of benzene rings is 1. The molecule has 2 heteroatoms. The molecule has 1 aromatic rings. The summed E-state index contributed by atoms with van der Waals surface area (Å²) < 4.78 is 5.11. The van der Waals surface area contributed by atoms with Crippen LogP contribution >= 0.6 is 11.6 Å².